The first-order valence-corrected chi connectivity index (χ1v) is 9.93. The Morgan fingerprint density at radius 3 is 2.71 bits per heavy atom. The summed E-state index contributed by atoms with van der Waals surface area (Å²) in [5.41, 5.74) is 0.382. The molecular weight excluding hydrogens is 332 g/mol. The lowest BCUT2D eigenvalue weighted by molar-refractivity contribution is 0.0324. The largest absolute Gasteiger partial charge is 0.384 e. The van der Waals surface area contributed by atoms with Crippen molar-refractivity contribution in [3.8, 4) is 0 Å². The van der Waals surface area contributed by atoms with Gasteiger partial charge in [-0.05, 0) is 24.3 Å². The summed E-state index contributed by atoms with van der Waals surface area (Å²) in [7, 11) is -1.56. The predicted molar refractivity (Wildman–Crippen MR) is 87.9 cm³/mol. The number of amides is 1. The minimum absolute atomic E-state index is 0.0522. The second-order valence-electron chi connectivity index (χ2n) is 6.83. The van der Waals surface area contributed by atoms with Crippen LogP contribution >= 0.6 is 0 Å². The van der Waals surface area contributed by atoms with Gasteiger partial charge in [-0.15, -0.1) is 0 Å². The molecule has 9 heteroatoms. The molecule has 1 aromatic rings. The maximum Gasteiger partial charge on any atom is 0.271 e. The molecule has 1 aromatic heterocycles. The average Bonchev–Trinajstić information content (AvgIpc) is 3.17. The lowest BCUT2D eigenvalue weighted by atomic mass is 9.71. The molecule has 2 aliphatic rings. The van der Waals surface area contributed by atoms with Crippen molar-refractivity contribution in [2.24, 2.45) is 11.3 Å². The summed E-state index contributed by atoms with van der Waals surface area (Å²) >= 11 is 0. The molecule has 3 rings (SSSR count). The standard InChI is InChI=1S/C15H24N4O4S/c1-23-10-12-9-19(24(2,21)22)11-15(12)4-7-18(8-5-15)14(20)13-3-6-16-17-13/h3,6,12H,4-5,7-11H2,1-2H3,(H,16,17)/t12-/m1/s1. The number of H-pyrrole nitrogens is 1. The predicted octanol–water partition coefficient (Wildman–Crippen LogP) is 0.170. The van der Waals surface area contributed by atoms with E-state index in [1.165, 1.54) is 6.26 Å². The number of carbonyl (C=O) groups is 1. The molecule has 134 valence electrons. The molecule has 0 unspecified atom stereocenters. The molecule has 2 aliphatic heterocycles. The van der Waals surface area contributed by atoms with Crippen LogP contribution in [0.25, 0.3) is 0 Å². The van der Waals surface area contributed by atoms with Gasteiger partial charge in [-0.1, -0.05) is 0 Å². The van der Waals surface area contributed by atoms with Crippen molar-refractivity contribution >= 4 is 15.9 Å². The van der Waals surface area contributed by atoms with Crippen molar-refractivity contribution in [2.75, 3.05) is 46.2 Å². The maximum absolute atomic E-state index is 12.4. The van der Waals surface area contributed by atoms with Crippen LogP contribution in [0.3, 0.4) is 0 Å². The number of nitrogens with zero attached hydrogens (tertiary/aromatic N) is 3. The first-order valence-electron chi connectivity index (χ1n) is 8.08. The summed E-state index contributed by atoms with van der Waals surface area (Å²) in [5, 5.41) is 6.52. The van der Waals surface area contributed by atoms with Crippen molar-refractivity contribution in [3.63, 3.8) is 0 Å². The summed E-state index contributed by atoms with van der Waals surface area (Å²) in [6.45, 7) is 2.80. The van der Waals surface area contributed by atoms with Crippen LogP contribution in [0.1, 0.15) is 23.3 Å². The van der Waals surface area contributed by atoms with Gasteiger partial charge >= 0.3 is 0 Å². The van der Waals surface area contributed by atoms with Gasteiger partial charge in [-0.25, -0.2) is 12.7 Å². The number of nitrogens with one attached hydrogen (secondary N) is 1. The van der Waals surface area contributed by atoms with Gasteiger partial charge in [0, 0.05) is 45.4 Å². The van der Waals surface area contributed by atoms with E-state index < -0.39 is 10.0 Å². The Morgan fingerprint density at radius 1 is 1.46 bits per heavy atom. The third-order valence-electron chi connectivity index (χ3n) is 5.40. The van der Waals surface area contributed by atoms with Crippen LogP contribution < -0.4 is 0 Å². The van der Waals surface area contributed by atoms with Crippen LogP contribution in [0.5, 0.6) is 0 Å². The zero-order valence-corrected chi connectivity index (χ0v) is 14.9. The molecule has 1 atom stereocenters. The van der Waals surface area contributed by atoms with Crippen molar-refractivity contribution in [2.45, 2.75) is 12.8 Å². The molecule has 1 spiro atoms. The normalized spacial score (nSPS) is 24.6. The SMILES string of the molecule is COC[C@H]1CN(S(C)(=O)=O)CC12CCN(C(=O)c1ccn[nH]1)CC2. The Kier molecular flexibility index (Phi) is 4.67. The minimum atomic E-state index is -3.21. The van der Waals surface area contributed by atoms with Gasteiger partial charge in [0.2, 0.25) is 10.0 Å². The van der Waals surface area contributed by atoms with Crippen LogP contribution in [0, 0.1) is 11.3 Å². The number of methoxy groups -OCH3 is 1. The molecule has 1 N–H and O–H groups in total. The summed E-state index contributed by atoms with van der Waals surface area (Å²) in [6.07, 6.45) is 4.39. The van der Waals surface area contributed by atoms with E-state index in [1.54, 1.807) is 23.7 Å². The Hall–Kier alpha value is -1.45. The molecule has 1 amide bonds. The van der Waals surface area contributed by atoms with E-state index in [9.17, 15) is 13.2 Å². The fourth-order valence-electron chi connectivity index (χ4n) is 3.93. The van der Waals surface area contributed by atoms with Gasteiger partial charge in [-0.2, -0.15) is 5.10 Å². The zero-order chi connectivity index (χ0) is 17.4. The van der Waals surface area contributed by atoms with Gasteiger partial charge in [0.25, 0.3) is 5.91 Å². The highest BCUT2D eigenvalue weighted by Gasteiger charge is 2.50. The molecule has 2 fully saturated rings. The lowest BCUT2D eigenvalue weighted by Gasteiger charge is -2.42. The van der Waals surface area contributed by atoms with Crippen LogP contribution in [0.15, 0.2) is 12.3 Å². The number of hydrogen-bond donors (Lipinski definition) is 1. The molecule has 0 aromatic carbocycles. The van der Waals surface area contributed by atoms with Crippen molar-refractivity contribution in [1.82, 2.24) is 19.4 Å². The fraction of sp³-hybridized carbons (Fsp3) is 0.733. The second kappa shape index (κ2) is 6.45. The van der Waals surface area contributed by atoms with E-state index in [2.05, 4.69) is 10.2 Å². The van der Waals surface area contributed by atoms with E-state index in [-0.39, 0.29) is 17.2 Å². The number of aromatic amines is 1. The van der Waals surface area contributed by atoms with Gasteiger partial charge in [0.15, 0.2) is 0 Å². The van der Waals surface area contributed by atoms with Crippen LogP contribution in [-0.2, 0) is 14.8 Å². The Bertz CT molecular complexity index is 680. The Balaban J connectivity index is 1.71. The topological polar surface area (TPSA) is 95.6 Å². The molecule has 0 radical (unpaired) electrons. The van der Waals surface area contributed by atoms with Gasteiger partial charge in [-0.3, -0.25) is 9.89 Å². The molecule has 0 bridgehead atoms. The van der Waals surface area contributed by atoms with E-state index in [0.717, 1.165) is 12.8 Å². The van der Waals surface area contributed by atoms with E-state index in [1.807, 2.05) is 4.90 Å². The average molecular weight is 356 g/mol. The molecule has 8 nitrogen and oxygen atoms in total. The molecule has 0 aliphatic carbocycles. The van der Waals surface area contributed by atoms with Crippen molar-refractivity contribution in [3.05, 3.63) is 18.0 Å². The number of rotatable bonds is 4. The number of piperidine rings is 1. The number of ether oxygens (including phenoxy) is 1. The van der Waals surface area contributed by atoms with Gasteiger partial charge < -0.3 is 9.64 Å². The maximum atomic E-state index is 12.4. The molecule has 3 heterocycles. The van der Waals surface area contributed by atoms with Crippen LogP contribution in [0.2, 0.25) is 0 Å². The highest BCUT2D eigenvalue weighted by atomic mass is 32.2. The highest BCUT2D eigenvalue weighted by molar-refractivity contribution is 7.88. The Morgan fingerprint density at radius 2 is 2.17 bits per heavy atom. The summed E-state index contributed by atoms with van der Waals surface area (Å²) in [4.78, 5) is 14.2. The molecule has 2 saturated heterocycles. The van der Waals surface area contributed by atoms with Gasteiger partial charge in [0.05, 0.1) is 12.9 Å². The van der Waals surface area contributed by atoms with E-state index >= 15 is 0 Å². The zero-order valence-electron chi connectivity index (χ0n) is 14.1. The van der Waals surface area contributed by atoms with E-state index in [0.29, 0.717) is 38.5 Å². The Labute approximate surface area is 142 Å². The monoisotopic (exact) mass is 356 g/mol. The number of carbonyl (C=O) groups excluding carboxylic acids is 1. The first kappa shape index (κ1) is 17.4. The number of hydrogen-bond acceptors (Lipinski definition) is 5. The number of likely N-dealkylation sites (tertiary alicyclic amines) is 1. The summed E-state index contributed by atoms with van der Waals surface area (Å²) in [5.74, 6) is 0.116. The number of aromatic nitrogens is 2. The molecule has 0 saturated carbocycles. The smallest absolute Gasteiger partial charge is 0.271 e. The van der Waals surface area contributed by atoms with Crippen LogP contribution in [-0.4, -0.2) is 79.9 Å². The minimum Gasteiger partial charge on any atom is -0.384 e. The molecular formula is C15H24N4O4S. The summed E-state index contributed by atoms with van der Waals surface area (Å²) < 4.78 is 30.8. The van der Waals surface area contributed by atoms with Crippen LogP contribution in [0.4, 0.5) is 0 Å². The third kappa shape index (κ3) is 3.20. The quantitative estimate of drug-likeness (QED) is 0.830. The lowest BCUT2D eigenvalue weighted by Crippen LogP contribution is -2.47. The number of sulfonamides is 1. The van der Waals surface area contributed by atoms with E-state index in [4.69, 9.17) is 4.74 Å². The second-order valence-corrected chi connectivity index (χ2v) is 8.82. The summed E-state index contributed by atoms with van der Waals surface area (Å²) in [6, 6.07) is 1.67. The fourth-order valence-corrected chi connectivity index (χ4v) is 4.88. The van der Waals surface area contributed by atoms with Gasteiger partial charge in [0.1, 0.15) is 5.69 Å². The third-order valence-corrected chi connectivity index (χ3v) is 6.61. The first-order chi connectivity index (χ1) is 11.4. The van der Waals surface area contributed by atoms with Crippen molar-refractivity contribution < 1.29 is 17.9 Å². The van der Waals surface area contributed by atoms with Crippen molar-refractivity contribution in [1.29, 1.82) is 0 Å². The highest BCUT2D eigenvalue weighted by Crippen LogP contribution is 2.45. The molecule has 24 heavy (non-hydrogen) atoms.